The summed E-state index contributed by atoms with van der Waals surface area (Å²) in [4.78, 5) is 0. The number of hydrogen-bond donors (Lipinski definition) is 1. The van der Waals surface area contributed by atoms with E-state index in [0.717, 1.165) is 17.6 Å². The Morgan fingerprint density at radius 1 is 1.11 bits per heavy atom. The average Bonchev–Trinajstić information content (AvgIpc) is 2.64. The molecule has 1 N–H and O–H groups in total. The number of halogens is 3. The molecular weight excluding hydrogens is 362 g/mol. The lowest BCUT2D eigenvalue weighted by molar-refractivity contribution is -0.274. The van der Waals surface area contributed by atoms with Crippen LogP contribution in [0.1, 0.15) is 48.0 Å². The smallest absolute Gasteiger partial charge is 0.406 e. The van der Waals surface area contributed by atoms with Gasteiger partial charge in [0.15, 0.2) is 0 Å². The zero-order valence-electron chi connectivity index (χ0n) is 18.2. The molecular formula is C22H34BF3NO. The fraction of sp³-hybridized carbons (Fsp3) is 0.455. The molecule has 6 heteroatoms. The van der Waals surface area contributed by atoms with E-state index in [2.05, 4.69) is 36.7 Å². The van der Waals surface area contributed by atoms with Gasteiger partial charge in [0.1, 0.15) is 13.0 Å². The molecule has 0 amide bonds. The molecule has 2 nitrogen and oxygen atoms in total. The van der Waals surface area contributed by atoms with Gasteiger partial charge in [0.25, 0.3) is 0 Å². The first-order valence-electron chi connectivity index (χ1n) is 9.30. The van der Waals surface area contributed by atoms with E-state index in [0.29, 0.717) is 5.69 Å². The molecule has 1 aromatic rings. The summed E-state index contributed by atoms with van der Waals surface area (Å²) < 4.78 is 40.1. The number of alkyl halides is 3. The van der Waals surface area contributed by atoms with Crippen LogP contribution in [0, 0.1) is 12.8 Å². The number of terminal acetylenes is 1. The van der Waals surface area contributed by atoms with Gasteiger partial charge in [0.2, 0.25) is 0 Å². The molecule has 0 aliphatic rings. The molecule has 157 valence electrons. The Morgan fingerprint density at radius 2 is 1.57 bits per heavy atom. The van der Waals surface area contributed by atoms with Gasteiger partial charge < -0.3 is 10.1 Å². The van der Waals surface area contributed by atoms with E-state index in [1.807, 2.05) is 53.9 Å². The van der Waals surface area contributed by atoms with Crippen molar-refractivity contribution < 1.29 is 17.9 Å². The van der Waals surface area contributed by atoms with E-state index >= 15 is 0 Å². The molecule has 0 spiro atoms. The van der Waals surface area contributed by atoms with Crippen molar-refractivity contribution >= 4 is 13.0 Å². The molecule has 1 radical (unpaired) electrons. The Hall–Kier alpha value is -2.29. The minimum absolute atomic E-state index is 0.234. The van der Waals surface area contributed by atoms with Crippen LogP contribution in [0.3, 0.4) is 0 Å². The second-order valence-electron chi connectivity index (χ2n) is 5.43. The fourth-order valence-corrected chi connectivity index (χ4v) is 1.61. The fourth-order valence-electron chi connectivity index (χ4n) is 1.61. The third kappa shape index (κ3) is 20.0. The normalized spacial score (nSPS) is 9.79. The van der Waals surface area contributed by atoms with Crippen LogP contribution < -0.4 is 10.1 Å². The van der Waals surface area contributed by atoms with Gasteiger partial charge >= 0.3 is 6.36 Å². The highest BCUT2D eigenvalue weighted by atomic mass is 19.4. The summed E-state index contributed by atoms with van der Waals surface area (Å²) in [6.45, 7) is 14.2. The monoisotopic (exact) mass is 396 g/mol. The number of allylic oxidation sites excluding steroid dienone is 3. The van der Waals surface area contributed by atoms with Crippen LogP contribution in [0.5, 0.6) is 5.75 Å². The Kier molecular flexibility index (Phi) is 21.2. The Bertz CT molecular complexity index is 557. The van der Waals surface area contributed by atoms with Gasteiger partial charge in [0, 0.05) is 11.4 Å². The van der Waals surface area contributed by atoms with Crippen molar-refractivity contribution in [1.29, 1.82) is 0 Å². The van der Waals surface area contributed by atoms with Crippen LogP contribution in [0.2, 0.25) is 13.1 Å². The predicted octanol–water partition coefficient (Wildman–Crippen LogP) is 7.71. The largest absolute Gasteiger partial charge is 0.573 e. The highest BCUT2D eigenvalue weighted by molar-refractivity contribution is 6.34. The zero-order chi connectivity index (χ0) is 22.6. The van der Waals surface area contributed by atoms with E-state index in [9.17, 15) is 13.2 Å². The Labute approximate surface area is 170 Å². The lowest BCUT2D eigenvalue weighted by atomic mass is 9.78. The van der Waals surface area contributed by atoms with Gasteiger partial charge in [-0.15, -0.1) is 26.0 Å². The summed E-state index contributed by atoms with van der Waals surface area (Å²) in [6.07, 6.45) is 9.37. The minimum Gasteiger partial charge on any atom is -0.406 e. The van der Waals surface area contributed by atoms with Crippen molar-refractivity contribution in [3.63, 3.8) is 0 Å². The number of rotatable bonds is 6. The van der Waals surface area contributed by atoms with Crippen LogP contribution in [-0.2, 0) is 0 Å². The third-order valence-electron chi connectivity index (χ3n) is 2.39. The maximum absolute atomic E-state index is 12.1. The van der Waals surface area contributed by atoms with Crippen LogP contribution >= 0.6 is 0 Å². The highest BCUT2D eigenvalue weighted by Gasteiger charge is 2.30. The van der Waals surface area contributed by atoms with Crippen molar-refractivity contribution in [2.45, 2.75) is 67.5 Å². The summed E-state index contributed by atoms with van der Waals surface area (Å²) in [6, 6.07) is 5.65. The Morgan fingerprint density at radius 3 is 1.93 bits per heavy atom. The number of anilines is 1. The van der Waals surface area contributed by atoms with Crippen LogP contribution in [0.25, 0.3) is 0 Å². The topological polar surface area (TPSA) is 21.3 Å². The molecule has 28 heavy (non-hydrogen) atoms. The van der Waals surface area contributed by atoms with Gasteiger partial charge in [0.05, 0.1) is 0 Å². The lowest BCUT2D eigenvalue weighted by Gasteiger charge is -2.11. The van der Waals surface area contributed by atoms with Gasteiger partial charge in [-0.25, -0.2) is 0 Å². The van der Waals surface area contributed by atoms with Crippen molar-refractivity contribution in [3.05, 3.63) is 47.7 Å². The van der Waals surface area contributed by atoms with Crippen molar-refractivity contribution in [2.24, 2.45) is 0 Å². The molecule has 0 fully saturated rings. The van der Waals surface area contributed by atoms with E-state index in [1.165, 1.54) is 18.6 Å². The molecule has 0 aliphatic carbocycles. The van der Waals surface area contributed by atoms with E-state index < -0.39 is 6.36 Å². The summed E-state index contributed by atoms with van der Waals surface area (Å²) >= 11 is 0. The summed E-state index contributed by atoms with van der Waals surface area (Å²) in [5.74, 6) is -0.234. The third-order valence-corrected chi connectivity index (χ3v) is 2.39. The van der Waals surface area contributed by atoms with Crippen LogP contribution in [0.4, 0.5) is 18.9 Å². The first-order valence-corrected chi connectivity index (χ1v) is 9.30. The predicted molar refractivity (Wildman–Crippen MR) is 118 cm³/mol. The van der Waals surface area contributed by atoms with E-state index in [1.54, 1.807) is 12.1 Å². The summed E-state index contributed by atoms with van der Waals surface area (Å²) in [5, 5.41) is 3.16. The maximum atomic E-state index is 12.1. The van der Waals surface area contributed by atoms with Gasteiger partial charge in [-0.1, -0.05) is 58.9 Å². The second kappa shape index (κ2) is 19.5. The van der Waals surface area contributed by atoms with E-state index in [4.69, 9.17) is 0 Å². The van der Waals surface area contributed by atoms with Crippen molar-refractivity contribution in [3.8, 4) is 18.6 Å². The first-order chi connectivity index (χ1) is 13.2. The molecule has 0 saturated carbocycles. The molecule has 0 atom stereocenters. The highest BCUT2D eigenvalue weighted by Crippen LogP contribution is 2.24. The first kappa shape index (κ1) is 30.4. The standard InChI is InChI=1S/C15H18BF3NO.C3H8.C2H6.C2H2/c1-11(2)10-13(8-9-16-3)20-12-4-6-14(7-5-12)21-15(17,18)19;1-3-2;2*1-2/h4-8,10,20H,9H2,1-3H3;3H2,1-2H3;1-2H3;1-2H/b13-8-;;;. The molecule has 0 aromatic heterocycles. The van der Waals surface area contributed by atoms with Gasteiger partial charge in [-0.2, -0.15) is 0 Å². The maximum Gasteiger partial charge on any atom is 0.573 e. The number of ether oxygens (including phenoxy) is 1. The average molecular weight is 396 g/mol. The molecule has 0 heterocycles. The minimum atomic E-state index is -4.67. The van der Waals surface area contributed by atoms with Crippen molar-refractivity contribution in [2.75, 3.05) is 5.32 Å². The molecule has 1 rings (SSSR count). The molecule has 0 aliphatic heterocycles. The second-order valence-corrected chi connectivity index (χ2v) is 5.43. The lowest BCUT2D eigenvalue weighted by Crippen LogP contribution is -2.17. The zero-order valence-corrected chi connectivity index (χ0v) is 18.2. The van der Waals surface area contributed by atoms with Crippen LogP contribution in [0.15, 0.2) is 47.7 Å². The molecule has 1 aromatic carbocycles. The number of benzene rings is 1. The van der Waals surface area contributed by atoms with Crippen molar-refractivity contribution in [1.82, 2.24) is 0 Å². The summed E-state index contributed by atoms with van der Waals surface area (Å²) in [7, 11) is 2.01. The van der Waals surface area contributed by atoms with Gasteiger partial charge in [-0.05, 0) is 44.2 Å². The quantitative estimate of drug-likeness (QED) is 0.302. The number of hydrogen-bond acceptors (Lipinski definition) is 2. The van der Waals surface area contributed by atoms with Crippen LogP contribution in [-0.4, -0.2) is 13.6 Å². The van der Waals surface area contributed by atoms with E-state index in [-0.39, 0.29) is 5.75 Å². The summed E-state index contributed by atoms with van der Waals surface area (Å²) in [5.41, 5.74) is 2.73. The molecule has 0 bridgehead atoms. The SMILES string of the molecule is C#C.CC.CCC.C[B]C/C=C(/C=C(C)C)Nc1ccc(OC(F)(F)F)cc1. The van der Waals surface area contributed by atoms with Gasteiger partial charge in [-0.3, -0.25) is 0 Å². The molecule has 0 unspecified atom stereocenters. The Balaban J connectivity index is -0.000000789. The molecule has 0 saturated heterocycles. The number of nitrogens with one attached hydrogen (secondary N) is 1.